The lowest BCUT2D eigenvalue weighted by atomic mass is 10.1. The van der Waals surface area contributed by atoms with Gasteiger partial charge >= 0.3 is 0 Å². The first-order chi connectivity index (χ1) is 8.70. The lowest BCUT2D eigenvalue weighted by Crippen LogP contribution is -1.95. The van der Waals surface area contributed by atoms with Gasteiger partial charge in [0, 0.05) is 17.7 Å². The van der Waals surface area contributed by atoms with Crippen LogP contribution in [0.5, 0.6) is 5.75 Å². The van der Waals surface area contributed by atoms with E-state index in [4.69, 9.17) is 9.26 Å². The molecule has 4 nitrogen and oxygen atoms in total. The molecule has 2 aromatic rings. The average Bonchev–Trinajstić information content (AvgIpc) is 2.81. The third-order valence-corrected chi connectivity index (χ3v) is 3.79. The first kappa shape index (κ1) is 13.0. The Kier molecular flexibility index (Phi) is 4.25. The van der Waals surface area contributed by atoms with Crippen molar-refractivity contribution < 1.29 is 9.26 Å². The van der Waals surface area contributed by atoms with Crippen molar-refractivity contribution in [3.8, 4) is 5.75 Å². The highest BCUT2D eigenvalue weighted by molar-refractivity contribution is 7.98. The molecule has 0 N–H and O–H groups in total. The highest BCUT2D eigenvalue weighted by Crippen LogP contribution is 2.35. The number of thioether (sulfide) groups is 1. The molecule has 0 aliphatic carbocycles. The summed E-state index contributed by atoms with van der Waals surface area (Å²) >= 11 is 1.76. The van der Waals surface area contributed by atoms with Crippen LogP contribution in [0.25, 0.3) is 0 Å². The number of hydrogen-bond donors (Lipinski definition) is 0. The minimum absolute atomic E-state index is 0.319. The molecule has 0 bridgehead atoms. The van der Waals surface area contributed by atoms with E-state index in [-0.39, 0.29) is 0 Å². The fourth-order valence-electron chi connectivity index (χ4n) is 1.69. The number of methoxy groups -OCH3 is 1. The van der Waals surface area contributed by atoms with Crippen LogP contribution in [-0.4, -0.2) is 17.3 Å². The van der Waals surface area contributed by atoms with Gasteiger partial charge in [0.05, 0.1) is 12.9 Å². The van der Waals surface area contributed by atoms with Gasteiger partial charge in [-0.2, -0.15) is 4.98 Å². The number of hydrogen-bond acceptors (Lipinski definition) is 5. The van der Waals surface area contributed by atoms with Crippen LogP contribution in [0.2, 0.25) is 0 Å². The van der Waals surface area contributed by atoms with E-state index in [0.717, 1.165) is 17.3 Å². The van der Waals surface area contributed by atoms with Crippen molar-refractivity contribution in [1.82, 2.24) is 10.1 Å². The van der Waals surface area contributed by atoms with Crippen molar-refractivity contribution in [2.75, 3.05) is 7.11 Å². The summed E-state index contributed by atoms with van der Waals surface area (Å²) in [6, 6.07) is 8.05. The van der Waals surface area contributed by atoms with Gasteiger partial charge in [-0.15, -0.1) is 11.8 Å². The van der Waals surface area contributed by atoms with Gasteiger partial charge in [0.15, 0.2) is 5.82 Å². The fourth-order valence-corrected chi connectivity index (χ4v) is 2.58. The molecule has 1 atom stereocenters. The van der Waals surface area contributed by atoms with Gasteiger partial charge in [-0.3, -0.25) is 0 Å². The van der Waals surface area contributed by atoms with Crippen LogP contribution in [0.15, 0.2) is 28.8 Å². The zero-order valence-electron chi connectivity index (χ0n) is 10.7. The quantitative estimate of drug-likeness (QED) is 0.828. The Labute approximate surface area is 111 Å². The van der Waals surface area contributed by atoms with Gasteiger partial charge in [0.25, 0.3) is 0 Å². The molecule has 2 rings (SSSR count). The van der Waals surface area contributed by atoms with E-state index in [1.807, 2.05) is 18.2 Å². The van der Waals surface area contributed by atoms with E-state index >= 15 is 0 Å². The molecule has 1 unspecified atom stereocenters. The van der Waals surface area contributed by atoms with Crippen molar-refractivity contribution >= 4 is 11.8 Å². The summed E-state index contributed by atoms with van der Waals surface area (Å²) in [5.41, 5.74) is 1.19. The summed E-state index contributed by atoms with van der Waals surface area (Å²) in [6.45, 7) is 3.94. The number of benzene rings is 1. The number of rotatable bonds is 5. The summed E-state index contributed by atoms with van der Waals surface area (Å²) < 4.78 is 10.3. The highest BCUT2D eigenvalue weighted by atomic mass is 32.2. The number of aryl methyl sites for hydroxylation is 1. The normalized spacial score (nSPS) is 12.4. The SMILES string of the molecule is COc1ccccc1C(C)SCc1noc(C)n1. The standard InChI is InChI=1S/C13H16N2O2S/c1-9(11-6-4-5-7-12(11)16-3)18-8-13-14-10(2)17-15-13/h4-7,9H,8H2,1-3H3. The Balaban J connectivity index is 2.01. The molecule has 1 aromatic carbocycles. The van der Waals surface area contributed by atoms with E-state index in [9.17, 15) is 0 Å². The van der Waals surface area contributed by atoms with Crippen LogP contribution in [0.3, 0.4) is 0 Å². The lowest BCUT2D eigenvalue weighted by molar-refractivity contribution is 0.389. The first-order valence-electron chi connectivity index (χ1n) is 5.74. The van der Waals surface area contributed by atoms with Crippen LogP contribution in [0.4, 0.5) is 0 Å². The van der Waals surface area contributed by atoms with Crippen LogP contribution < -0.4 is 4.74 Å². The number of para-hydroxylation sites is 1. The van der Waals surface area contributed by atoms with E-state index in [0.29, 0.717) is 11.1 Å². The second-order valence-electron chi connectivity index (χ2n) is 3.92. The molecule has 1 heterocycles. The van der Waals surface area contributed by atoms with Gasteiger partial charge in [-0.25, -0.2) is 0 Å². The Morgan fingerprint density at radius 2 is 2.17 bits per heavy atom. The number of nitrogens with zero attached hydrogens (tertiary/aromatic N) is 2. The molecule has 0 aliphatic heterocycles. The first-order valence-corrected chi connectivity index (χ1v) is 6.79. The molecule has 0 radical (unpaired) electrons. The monoisotopic (exact) mass is 264 g/mol. The maximum atomic E-state index is 5.36. The largest absolute Gasteiger partial charge is 0.496 e. The summed E-state index contributed by atoms with van der Waals surface area (Å²) in [4.78, 5) is 4.19. The van der Waals surface area contributed by atoms with Gasteiger partial charge < -0.3 is 9.26 Å². The van der Waals surface area contributed by atoms with E-state index in [1.165, 1.54) is 5.56 Å². The summed E-state index contributed by atoms with van der Waals surface area (Å²) in [5.74, 6) is 2.99. The maximum absolute atomic E-state index is 5.36. The molecule has 0 saturated heterocycles. The van der Waals surface area contributed by atoms with Crippen LogP contribution >= 0.6 is 11.8 Å². The van der Waals surface area contributed by atoms with Gasteiger partial charge in [0.2, 0.25) is 5.89 Å². The van der Waals surface area contributed by atoms with Crippen LogP contribution in [0.1, 0.15) is 29.5 Å². The van der Waals surface area contributed by atoms with Gasteiger partial charge in [0.1, 0.15) is 5.75 Å². The molecular formula is C13H16N2O2S. The molecule has 5 heteroatoms. The molecule has 1 aromatic heterocycles. The van der Waals surface area contributed by atoms with Gasteiger partial charge in [-0.05, 0) is 13.0 Å². The smallest absolute Gasteiger partial charge is 0.223 e. The van der Waals surface area contributed by atoms with Crippen molar-refractivity contribution in [2.24, 2.45) is 0 Å². The van der Waals surface area contributed by atoms with Crippen molar-refractivity contribution in [2.45, 2.75) is 24.9 Å². The Morgan fingerprint density at radius 3 is 2.83 bits per heavy atom. The Hall–Kier alpha value is -1.49. The number of ether oxygens (including phenoxy) is 1. The van der Waals surface area contributed by atoms with Crippen LogP contribution in [0, 0.1) is 6.92 Å². The lowest BCUT2D eigenvalue weighted by Gasteiger charge is -2.14. The van der Waals surface area contributed by atoms with Crippen molar-refractivity contribution in [3.63, 3.8) is 0 Å². The minimum atomic E-state index is 0.319. The number of aromatic nitrogens is 2. The van der Waals surface area contributed by atoms with E-state index in [2.05, 4.69) is 23.1 Å². The Morgan fingerprint density at radius 1 is 1.39 bits per heavy atom. The topological polar surface area (TPSA) is 48.2 Å². The second kappa shape index (κ2) is 5.91. The van der Waals surface area contributed by atoms with Crippen molar-refractivity contribution in [1.29, 1.82) is 0 Å². The zero-order valence-corrected chi connectivity index (χ0v) is 11.5. The zero-order chi connectivity index (χ0) is 13.0. The van der Waals surface area contributed by atoms with Gasteiger partial charge in [-0.1, -0.05) is 23.4 Å². The summed E-state index contributed by atoms with van der Waals surface area (Å²) in [6.07, 6.45) is 0. The minimum Gasteiger partial charge on any atom is -0.496 e. The predicted octanol–water partition coefficient (Wildman–Crippen LogP) is 3.38. The molecule has 0 spiro atoms. The maximum Gasteiger partial charge on any atom is 0.223 e. The van der Waals surface area contributed by atoms with E-state index < -0.39 is 0 Å². The van der Waals surface area contributed by atoms with E-state index in [1.54, 1.807) is 25.8 Å². The highest BCUT2D eigenvalue weighted by Gasteiger charge is 2.12. The Bertz CT molecular complexity index is 513. The molecule has 0 amide bonds. The molecular weight excluding hydrogens is 248 g/mol. The second-order valence-corrected chi connectivity index (χ2v) is 5.25. The summed E-state index contributed by atoms with van der Waals surface area (Å²) in [5, 5.41) is 4.21. The summed E-state index contributed by atoms with van der Waals surface area (Å²) in [7, 11) is 1.69. The third kappa shape index (κ3) is 3.04. The molecule has 18 heavy (non-hydrogen) atoms. The molecule has 0 fully saturated rings. The van der Waals surface area contributed by atoms with Crippen LogP contribution in [-0.2, 0) is 5.75 Å². The predicted molar refractivity (Wildman–Crippen MR) is 71.7 cm³/mol. The third-order valence-electron chi connectivity index (χ3n) is 2.61. The molecule has 96 valence electrons. The molecule has 0 saturated carbocycles. The average molecular weight is 264 g/mol. The van der Waals surface area contributed by atoms with Crippen molar-refractivity contribution in [3.05, 3.63) is 41.5 Å². The molecule has 0 aliphatic rings. The fraction of sp³-hybridized carbons (Fsp3) is 0.385.